The Kier molecular flexibility index (Phi) is 11.4. The van der Waals surface area contributed by atoms with Crippen molar-refractivity contribution in [2.24, 2.45) is 7.05 Å². The minimum absolute atomic E-state index is 0. The first-order valence-electron chi connectivity index (χ1n) is 11.4. The molecule has 0 bridgehead atoms. The third kappa shape index (κ3) is 6.77. The number of aromatic nitrogens is 4. The molecule has 0 amide bonds. The fourth-order valence-electron chi connectivity index (χ4n) is 3.87. The van der Waals surface area contributed by atoms with Gasteiger partial charge in [-0.3, -0.25) is 14.0 Å². The average molecular weight is 495 g/mol. The van der Waals surface area contributed by atoms with Gasteiger partial charge in [-0.25, -0.2) is 4.98 Å². The number of hydrogen-bond acceptors (Lipinski definition) is 7. The van der Waals surface area contributed by atoms with Crippen LogP contribution >= 0.6 is 0 Å². The van der Waals surface area contributed by atoms with E-state index < -0.39 is 12.1 Å². The van der Waals surface area contributed by atoms with E-state index in [2.05, 4.69) is 12.0 Å². The van der Waals surface area contributed by atoms with Crippen molar-refractivity contribution >= 4 is 17.0 Å². The Balaban J connectivity index is 0.00000408. The maximum absolute atomic E-state index is 13.2. The van der Waals surface area contributed by atoms with E-state index in [9.17, 15) is 14.7 Å². The molecular weight excluding hydrogens is 463 g/mol. The Labute approximate surface area is 241 Å². The number of fused-ring (bicyclic) bond motifs is 1. The van der Waals surface area contributed by atoms with Gasteiger partial charge in [0, 0.05) is 26.5 Å². The number of nitrogens with zero attached hydrogens (tertiary/aromatic N) is 4. The van der Waals surface area contributed by atoms with Gasteiger partial charge < -0.3 is 19.4 Å². The molecule has 2 aromatic heterocycles. The third-order valence-corrected chi connectivity index (χ3v) is 5.45. The summed E-state index contributed by atoms with van der Waals surface area (Å²) in [5.74, 6) is 0.113. The summed E-state index contributed by atoms with van der Waals surface area (Å²) in [7, 11) is 1.77. The van der Waals surface area contributed by atoms with Gasteiger partial charge in [0.2, 0.25) is 0 Å². The summed E-state index contributed by atoms with van der Waals surface area (Å²) < 4.78 is 14.3. The van der Waals surface area contributed by atoms with Gasteiger partial charge in [-0.2, -0.15) is 5.10 Å². The summed E-state index contributed by atoms with van der Waals surface area (Å²) in [4.78, 5) is 29.1. The van der Waals surface area contributed by atoms with Gasteiger partial charge >= 0.3 is 51.4 Å². The number of aliphatic carboxylic acids is 1. The molecule has 10 heteroatoms. The molecule has 1 atom stereocenters. The van der Waals surface area contributed by atoms with Crippen molar-refractivity contribution in [1.29, 1.82) is 0 Å². The molecule has 9 nitrogen and oxygen atoms in total. The van der Waals surface area contributed by atoms with Crippen molar-refractivity contribution in [1.82, 2.24) is 19.3 Å². The molecule has 0 aliphatic heterocycles. The SMILES string of the molecule is CCCc1nn(C)c2c(=O)n(CCOc3ccc(CC(OCC)C(=O)[O-])cc3)c(CC)nc12.[K+]. The molecule has 0 fully saturated rings. The fraction of sp³-hybridized carbons (Fsp3) is 0.500. The third-order valence-electron chi connectivity index (χ3n) is 5.45. The predicted octanol–water partition coefficient (Wildman–Crippen LogP) is -1.57. The van der Waals surface area contributed by atoms with Crippen LogP contribution in [0.4, 0.5) is 0 Å². The van der Waals surface area contributed by atoms with Crippen molar-refractivity contribution in [2.45, 2.75) is 59.1 Å². The summed E-state index contributed by atoms with van der Waals surface area (Å²) in [6.07, 6.45) is 1.59. The number of aryl methyl sites for hydroxylation is 3. The molecule has 1 aromatic carbocycles. The topological polar surface area (TPSA) is 111 Å². The Hall–Kier alpha value is -1.56. The van der Waals surface area contributed by atoms with E-state index in [1.807, 2.05) is 6.92 Å². The molecule has 2 heterocycles. The van der Waals surface area contributed by atoms with Crippen LogP contribution < -0.4 is 66.8 Å². The van der Waals surface area contributed by atoms with Gasteiger partial charge in [-0.05, 0) is 31.0 Å². The van der Waals surface area contributed by atoms with Crippen LogP contribution in [0.2, 0.25) is 0 Å². The largest absolute Gasteiger partial charge is 1.00 e. The van der Waals surface area contributed by atoms with E-state index in [1.54, 1.807) is 47.5 Å². The molecule has 0 aliphatic rings. The van der Waals surface area contributed by atoms with Crippen LogP contribution in [0.1, 0.15) is 44.3 Å². The molecule has 0 spiro atoms. The minimum atomic E-state index is -1.23. The van der Waals surface area contributed by atoms with Gasteiger partial charge in [0.1, 0.15) is 29.8 Å². The molecule has 0 saturated carbocycles. The number of carboxylic acid groups (broad SMARTS) is 1. The predicted molar refractivity (Wildman–Crippen MR) is 122 cm³/mol. The van der Waals surface area contributed by atoms with Crippen molar-refractivity contribution in [2.75, 3.05) is 13.2 Å². The van der Waals surface area contributed by atoms with Crippen LogP contribution in [0.5, 0.6) is 5.75 Å². The number of rotatable bonds is 12. The zero-order valence-electron chi connectivity index (χ0n) is 20.7. The normalized spacial score (nSPS) is 11.9. The summed E-state index contributed by atoms with van der Waals surface area (Å²) in [5.41, 5.74) is 2.75. The first-order chi connectivity index (χ1) is 15.9. The van der Waals surface area contributed by atoms with Crippen molar-refractivity contribution in [3.05, 3.63) is 51.7 Å². The van der Waals surface area contributed by atoms with E-state index in [4.69, 9.17) is 14.5 Å². The van der Waals surface area contributed by atoms with Crippen molar-refractivity contribution < 1.29 is 70.8 Å². The molecule has 1 unspecified atom stereocenters. The molecule has 0 aliphatic carbocycles. The Morgan fingerprint density at radius 3 is 2.47 bits per heavy atom. The van der Waals surface area contributed by atoms with E-state index >= 15 is 0 Å². The van der Waals surface area contributed by atoms with Gasteiger partial charge in [-0.1, -0.05) is 32.4 Å². The number of ether oxygens (including phenoxy) is 2. The summed E-state index contributed by atoms with van der Waals surface area (Å²) in [6.45, 7) is 6.75. The number of carboxylic acids is 1. The molecule has 0 saturated heterocycles. The second-order valence-electron chi connectivity index (χ2n) is 7.82. The monoisotopic (exact) mass is 494 g/mol. The van der Waals surface area contributed by atoms with Crippen LogP contribution in [-0.4, -0.2) is 44.6 Å². The maximum Gasteiger partial charge on any atom is 1.00 e. The number of hydrogen-bond donors (Lipinski definition) is 0. The van der Waals surface area contributed by atoms with E-state index in [-0.39, 0.29) is 63.4 Å². The molecule has 3 rings (SSSR count). The van der Waals surface area contributed by atoms with Gasteiger partial charge in [0.15, 0.2) is 5.52 Å². The Morgan fingerprint density at radius 2 is 1.88 bits per heavy atom. The number of carbonyl (C=O) groups is 1. The zero-order valence-corrected chi connectivity index (χ0v) is 23.8. The van der Waals surface area contributed by atoms with Crippen molar-refractivity contribution in [3.8, 4) is 5.75 Å². The van der Waals surface area contributed by atoms with Crippen LogP contribution in [0.15, 0.2) is 29.1 Å². The first-order valence-corrected chi connectivity index (χ1v) is 11.4. The molecule has 178 valence electrons. The maximum atomic E-state index is 13.2. The van der Waals surface area contributed by atoms with Gasteiger partial charge in [0.05, 0.1) is 18.2 Å². The number of benzene rings is 1. The second kappa shape index (κ2) is 13.5. The molecular formula is C24H31KN4O5. The zero-order chi connectivity index (χ0) is 24.0. The molecule has 34 heavy (non-hydrogen) atoms. The summed E-state index contributed by atoms with van der Waals surface area (Å²) in [6, 6.07) is 7.15. The van der Waals surface area contributed by atoms with Crippen LogP contribution in [0.3, 0.4) is 0 Å². The average Bonchev–Trinajstić information content (AvgIpc) is 3.11. The van der Waals surface area contributed by atoms with Crippen molar-refractivity contribution in [3.63, 3.8) is 0 Å². The smallest absolute Gasteiger partial charge is 0.547 e. The van der Waals surface area contributed by atoms with E-state index in [1.165, 1.54) is 0 Å². The second-order valence-corrected chi connectivity index (χ2v) is 7.82. The van der Waals surface area contributed by atoms with Crippen LogP contribution in [0.25, 0.3) is 11.0 Å². The minimum Gasteiger partial charge on any atom is -0.547 e. The molecule has 0 N–H and O–H groups in total. The molecule has 3 aromatic rings. The standard InChI is InChI=1S/C24H32N4O5.K/c1-5-8-18-21-22(27(4)26-18)23(29)28(20(6-2)25-21)13-14-33-17-11-9-16(10-12-17)15-19(24(30)31)32-7-3;/h9-12,19H,5-8,13-15H2,1-4H3,(H,30,31);/q;+1/p-1. The first kappa shape index (κ1) is 28.7. The quantitative estimate of drug-likeness (QED) is 0.280. The Bertz CT molecular complexity index is 1160. The molecule has 0 radical (unpaired) electrons. The summed E-state index contributed by atoms with van der Waals surface area (Å²) >= 11 is 0. The fourth-order valence-corrected chi connectivity index (χ4v) is 3.87. The summed E-state index contributed by atoms with van der Waals surface area (Å²) in [5, 5.41) is 15.6. The van der Waals surface area contributed by atoms with Crippen LogP contribution in [-0.2, 0) is 42.4 Å². The Morgan fingerprint density at radius 1 is 1.18 bits per heavy atom. The van der Waals surface area contributed by atoms with E-state index in [0.717, 1.165) is 24.1 Å². The van der Waals surface area contributed by atoms with E-state index in [0.29, 0.717) is 48.8 Å². The van der Waals surface area contributed by atoms with Gasteiger partial charge in [0.25, 0.3) is 5.56 Å². The van der Waals surface area contributed by atoms with Crippen LogP contribution in [0, 0.1) is 0 Å². The number of carbonyl (C=O) groups excluding carboxylic acids is 1. The van der Waals surface area contributed by atoms with Gasteiger partial charge in [-0.15, -0.1) is 0 Å².